The number of aromatic nitrogens is 2. The van der Waals surface area contributed by atoms with Gasteiger partial charge in [-0.05, 0) is 29.8 Å². The summed E-state index contributed by atoms with van der Waals surface area (Å²) in [5.74, 6) is 0.470. The molecule has 9 heteroatoms. The standard InChI is InChI=1S/C26H28N4O4S/c1-15(2)24(31)28-20(11-17-13-27-19-8-6-5-7-18(17)19)25(32)30-26-29-21(14-35-26)16-9-10-22(33-3)23(12-16)34-4/h5-10,12-15,20,27H,11H2,1-4H3,(H,28,31)(H,29,30,32). The zero-order valence-corrected chi connectivity index (χ0v) is 20.9. The van der Waals surface area contributed by atoms with E-state index in [9.17, 15) is 9.59 Å². The third-order valence-corrected chi connectivity index (χ3v) is 6.43. The molecule has 2 heterocycles. The Morgan fingerprint density at radius 1 is 1.06 bits per heavy atom. The fourth-order valence-corrected chi connectivity index (χ4v) is 4.44. The van der Waals surface area contributed by atoms with E-state index in [2.05, 4.69) is 20.6 Å². The van der Waals surface area contributed by atoms with Crippen LogP contribution < -0.4 is 20.1 Å². The smallest absolute Gasteiger partial charge is 0.249 e. The van der Waals surface area contributed by atoms with Crippen LogP contribution >= 0.6 is 11.3 Å². The summed E-state index contributed by atoms with van der Waals surface area (Å²) in [4.78, 5) is 33.5. The summed E-state index contributed by atoms with van der Waals surface area (Å²) in [7, 11) is 3.16. The Kier molecular flexibility index (Phi) is 7.36. The van der Waals surface area contributed by atoms with Gasteiger partial charge in [0.25, 0.3) is 0 Å². The molecule has 2 aromatic heterocycles. The molecule has 4 aromatic rings. The predicted molar refractivity (Wildman–Crippen MR) is 138 cm³/mol. The van der Waals surface area contributed by atoms with E-state index in [0.29, 0.717) is 28.7 Å². The SMILES string of the molecule is COc1ccc(-c2csc(NC(=O)C(Cc3c[nH]c4ccccc34)NC(=O)C(C)C)n2)cc1OC. The molecule has 0 bridgehead atoms. The summed E-state index contributed by atoms with van der Waals surface area (Å²) < 4.78 is 10.7. The predicted octanol–water partition coefficient (Wildman–Crippen LogP) is 4.63. The molecule has 2 aromatic carbocycles. The Morgan fingerprint density at radius 2 is 1.83 bits per heavy atom. The van der Waals surface area contributed by atoms with E-state index in [1.54, 1.807) is 28.1 Å². The van der Waals surface area contributed by atoms with Gasteiger partial charge in [-0.25, -0.2) is 4.98 Å². The van der Waals surface area contributed by atoms with Gasteiger partial charge in [0, 0.05) is 40.4 Å². The largest absolute Gasteiger partial charge is 0.493 e. The Bertz CT molecular complexity index is 1340. The lowest BCUT2D eigenvalue weighted by Crippen LogP contribution is -2.46. The van der Waals surface area contributed by atoms with Crippen molar-refractivity contribution in [3.63, 3.8) is 0 Å². The second-order valence-corrected chi connectivity index (χ2v) is 9.23. The van der Waals surface area contributed by atoms with Crippen LogP contribution in [0, 0.1) is 5.92 Å². The lowest BCUT2D eigenvalue weighted by Gasteiger charge is -2.19. The van der Waals surface area contributed by atoms with Crippen LogP contribution in [0.1, 0.15) is 19.4 Å². The number of H-pyrrole nitrogens is 1. The van der Waals surface area contributed by atoms with Crippen LogP contribution in [-0.4, -0.2) is 42.0 Å². The fraction of sp³-hybridized carbons (Fsp3) is 0.269. The van der Waals surface area contributed by atoms with Crippen molar-refractivity contribution in [3.8, 4) is 22.8 Å². The van der Waals surface area contributed by atoms with Gasteiger partial charge < -0.3 is 25.1 Å². The van der Waals surface area contributed by atoms with E-state index in [-0.39, 0.29) is 17.7 Å². The molecule has 35 heavy (non-hydrogen) atoms. The summed E-state index contributed by atoms with van der Waals surface area (Å²) >= 11 is 1.32. The van der Waals surface area contributed by atoms with Crippen LogP contribution in [-0.2, 0) is 16.0 Å². The highest BCUT2D eigenvalue weighted by molar-refractivity contribution is 7.14. The van der Waals surface area contributed by atoms with Gasteiger partial charge in [0.15, 0.2) is 16.6 Å². The maximum Gasteiger partial charge on any atom is 0.249 e. The number of nitrogens with zero attached hydrogens (tertiary/aromatic N) is 1. The summed E-state index contributed by atoms with van der Waals surface area (Å²) in [6, 6.07) is 12.6. The zero-order valence-electron chi connectivity index (χ0n) is 20.0. The van der Waals surface area contributed by atoms with Gasteiger partial charge >= 0.3 is 0 Å². The molecule has 1 atom stereocenters. The lowest BCUT2D eigenvalue weighted by atomic mass is 10.0. The molecule has 0 saturated carbocycles. The summed E-state index contributed by atoms with van der Waals surface area (Å²) in [5, 5.41) is 9.09. The topological polar surface area (TPSA) is 105 Å². The molecule has 0 saturated heterocycles. The highest BCUT2D eigenvalue weighted by Gasteiger charge is 2.24. The minimum absolute atomic E-state index is 0.185. The normalized spacial score (nSPS) is 11.9. The second kappa shape index (κ2) is 10.6. The van der Waals surface area contributed by atoms with Gasteiger partial charge in [0.2, 0.25) is 11.8 Å². The molecule has 0 fully saturated rings. The molecule has 0 aliphatic carbocycles. The van der Waals surface area contributed by atoms with Gasteiger partial charge in [-0.2, -0.15) is 0 Å². The number of benzene rings is 2. The number of thiazole rings is 1. The molecule has 0 radical (unpaired) electrons. The van der Waals surface area contributed by atoms with Crippen LogP contribution in [0.3, 0.4) is 0 Å². The molecule has 2 amide bonds. The molecule has 0 aliphatic rings. The number of rotatable bonds is 9. The molecule has 4 rings (SSSR count). The number of aromatic amines is 1. The first-order chi connectivity index (χ1) is 16.9. The third kappa shape index (κ3) is 5.46. The average molecular weight is 493 g/mol. The van der Waals surface area contributed by atoms with Crippen molar-refractivity contribution in [1.29, 1.82) is 0 Å². The number of hydrogen-bond donors (Lipinski definition) is 3. The number of anilines is 1. The Morgan fingerprint density at radius 3 is 2.57 bits per heavy atom. The van der Waals surface area contributed by atoms with Crippen molar-refractivity contribution in [1.82, 2.24) is 15.3 Å². The first-order valence-corrected chi connectivity index (χ1v) is 12.1. The third-order valence-electron chi connectivity index (χ3n) is 5.67. The number of methoxy groups -OCH3 is 2. The molecule has 3 N–H and O–H groups in total. The number of amides is 2. The highest BCUT2D eigenvalue weighted by Crippen LogP contribution is 2.33. The summed E-state index contributed by atoms with van der Waals surface area (Å²) in [5.41, 5.74) is 3.47. The molecular weight excluding hydrogens is 464 g/mol. The van der Waals surface area contributed by atoms with Gasteiger partial charge in [0.05, 0.1) is 19.9 Å². The van der Waals surface area contributed by atoms with Gasteiger partial charge in [-0.1, -0.05) is 32.0 Å². The van der Waals surface area contributed by atoms with Gasteiger partial charge in [-0.15, -0.1) is 11.3 Å². The molecule has 8 nitrogen and oxygen atoms in total. The molecule has 1 unspecified atom stereocenters. The van der Waals surface area contributed by atoms with E-state index in [1.165, 1.54) is 11.3 Å². The minimum Gasteiger partial charge on any atom is -0.493 e. The van der Waals surface area contributed by atoms with Crippen LogP contribution in [0.4, 0.5) is 5.13 Å². The number of ether oxygens (including phenoxy) is 2. The first-order valence-electron chi connectivity index (χ1n) is 11.2. The zero-order chi connectivity index (χ0) is 24.9. The summed E-state index contributed by atoms with van der Waals surface area (Å²) in [6.45, 7) is 3.60. The van der Waals surface area contributed by atoms with Crippen LogP contribution in [0.15, 0.2) is 54.0 Å². The summed E-state index contributed by atoms with van der Waals surface area (Å²) in [6.07, 6.45) is 2.23. The maximum absolute atomic E-state index is 13.3. The average Bonchev–Trinajstić information content (AvgIpc) is 3.50. The monoisotopic (exact) mass is 492 g/mol. The van der Waals surface area contributed by atoms with E-state index in [1.807, 2.05) is 54.0 Å². The number of nitrogens with one attached hydrogen (secondary N) is 3. The first kappa shape index (κ1) is 24.3. The quantitative estimate of drug-likeness (QED) is 0.316. The Balaban J connectivity index is 1.54. The highest BCUT2D eigenvalue weighted by atomic mass is 32.1. The van der Waals surface area contributed by atoms with E-state index < -0.39 is 6.04 Å². The van der Waals surface area contributed by atoms with E-state index in [0.717, 1.165) is 22.0 Å². The molecular formula is C26H28N4O4S. The number of fused-ring (bicyclic) bond motifs is 1. The Labute approximate surface area is 207 Å². The van der Waals surface area contributed by atoms with Crippen molar-refractivity contribution in [2.45, 2.75) is 26.3 Å². The van der Waals surface area contributed by atoms with Crippen molar-refractivity contribution in [2.75, 3.05) is 19.5 Å². The van der Waals surface area contributed by atoms with Gasteiger partial charge in [0.1, 0.15) is 6.04 Å². The fourth-order valence-electron chi connectivity index (χ4n) is 3.72. The second-order valence-electron chi connectivity index (χ2n) is 8.38. The minimum atomic E-state index is -0.752. The molecule has 0 spiro atoms. The Hall–Kier alpha value is -3.85. The van der Waals surface area contributed by atoms with E-state index in [4.69, 9.17) is 9.47 Å². The molecule has 182 valence electrons. The van der Waals surface area contributed by atoms with Crippen LogP contribution in [0.5, 0.6) is 11.5 Å². The number of carbonyl (C=O) groups excluding carboxylic acids is 2. The van der Waals surface area contributed by atoms with Crippen molar-refractivity contribution >= 4 is 39.2 Å². The van der Waals surface area contributed by atoms with Crippen LogP contribution in [0.25, 0.3) is 22.2 Å². The number of carbonyl (C=O) groups is 2. The van der Waals surface area contributed by atoms with Gasteiger partial charge in [-0.3, -0.25) is 9.59 Å². The van der Waals surface area contributed by atoms with E-state index >= 15 is 0 Å². The number of hydrogen-bond acceptors (Lipinski definition) is 6. The van der Waals surface area contributed by atoms with Crippen molar-refractivity contribution < 1.29 is 19.1 Å². The molecule has 0 aliphatic heterocycles. The van der Waals surface area contributed by atoms with Crippen LogP contribution in [0.2, 0.25) is 0 Å². The van der Waals surface area contributed by atoms with Crippen molar-refractivity contribution in [3.05, 3.63) is 59.6 Å². The number of para-hydroxylation sites is 1. The van der Waals surface area contributed by atoms with Crippen molar-refractivity contribution in [2.24, 2.45) is 5.92 Å². The maximum atomic E-state index is 13.3. The lowest BCUT2D eigenvalue weighted by molar-refractivity contribution is -0.128.